The zero-order chi connectivity index (χ0) is 9.68. The van der Waals surface area contributed by atoms with Gasteiger partial charge >= 0.3 is 0 Å². The molecule has 0 saturated carbocycles. The molecule has 3 heteroatoms. The van der Waals surface area contributed by atoms with Crippen molar-refractivity contribution < 1.29 is 4.79 Å². The molecule has 0 radical (unpaired) electrons. The second-order valence-corrected chi connectivity index (χ2v) is 3.39. The van der Waals surface area contributed by atoms with Gasteiger partial charge in [-0.15, -0.1) is 0 Å². The van der Waals surface area contributed by atoms with E-state index in [1.165, 1.54) is 0 Å². The van der Waals surface area contributed by atoms with Crippen LogP contribution in [0.15, 0.2) is 12.3 Å². The highest BCUT2D eigenvalue weighted by Crippen LogP contribution is 2.04. The van der Waals surface area contributed by atoms with E-state index in [1.807, 2.05) is 6.92 Å². The normalized spacial score (nSPS) is 17.8. The van der Waals surface area contributed by atoms with E-state index < -0.39 is 0 Å². The van der Waals surface area contributed by atoms with E-state index in [2.05, 4.69) is 22.5 Å². The molecule has 0 bridgehead atoms. The molecule has 0 saturated heterocycles. The molecule has 1 aliphatic heterocycles. The van der Waals surface area contributed by atoms with E-state index in [-0.39, 0.29) is 11.8 Å². The lowest BCUT2D eigenvalue weighted by Crippen LogP contribution is -2.43. The van der Waals surface area contributed by atoms with E-state index in [0.717, 1.165) is 26.1 Å². The van der Waals surface area contributed by atoms with Gasteiger partial charge in [-0.2, -0.15) is 0 Å². The Morgan fingerprint density at radius 1 is 1.69 bits per heavy atom. The molecule has 0 aromatic carbocycles. The van der Waals surface area contributed by atoms with Crippen LogP contribution in [0.25, 0.3) is 0 Å². The summed E-state index contributed by atoms with van der Waals surface area (Å²) in [6, 6.07) is -0.00671. The van der Waals surface area contributed by atoms with E-state index in [9.17, 15) is 4.79 Å². The van der Waals surface area contributed by atoms with Crippen molar-refractivity contribution in [1.82, 2.24) is 10.2 Å². The number of likely N-dealkylation sites (N-methyl/N-ethyl adjacent to an activating group) is 1. The monoisotopic (exact) mass is 182 g/mol. The fourth-order valence-electron chi connectivity index (χ4n) is 1.51. The molecule has 0 aromatic rings. The minimum Gasteiger partial charge on any atom is -0.375 e. The van der Waals surface area contributed by atoms with Gasteiger partial charge in [0.15, 0.2) is 0 Å². The number of carbonyl (C=O) groups is 1. The van der Waals surface area contributed by atoms with Gasteiger partial charge in [0.05, 0.1) is 6.04 Å². The second kappa shape index (κ2) is 5.02. The Morgan fingerprint density at radius 2 is 2.46 bits per heavy atom. The lowest BCUT2D eigenvalue weighted by Gasteiger charge is -2.22. The first-order valence-corrected chi connectivity index (χ1v) is 4.88. The van der Waals surface area contributed by atoms with Crippen molar-refractivity contribution in [3.05, 3.63) is 12.3 Å². The summed E-state index contributed by atoms with van der Waals surface area (Å²) in [5, 5.41) is 3.18. The highest BCUT2D eigenvalue weighted by molar-refractivity contribution is 5.81. The van der Waals surface area contributed by atoms with Gasteiger partial charge in [0, 0.05) is 13.1 Å². The van der Waals surface area contributed by atoms with Gasteiger partial charge in [0.25, 0.3) is 0 Å². The van der Waals surface area contributed by atoms with Crippen LogP contribution in [0.3, 0.4) is 0 Å². The minimum absolute atomic E-state index is 0.00671. The maximum atomic E-state index is 11.2. The first-order valence-electron chi connectivity index (χ1n) is 4.88. The van der Waals surface area contributed by atoms with Crippen LogP contribution in [-0.2, 0) is 4.79 Å². The van der Waals surface area contributed by atoms with Crippen LogP contribution in [0.5, 0.6) is 0 Å². The second-order valence-electron chi connectivity index (χ2n) is 3.39. The summed E-state index contributed by atoms with van der Waals surface area (Å²) >= 11 is 0. The maximum absolute atomic E-state index is 11.2. The number of ketones is 1. The quantitative estimate of drug-likeness (QED) is 0.681. The number of carbonyl (C=O) groups excluding carboxylic acids is 1. The van der Waals surface area contributed by atoms with Gasteiger partial charge in [-0.05, 0) is 26.1 Å². The summed E-state index contributed by atoms with van der Waals surface area (Å²) in [7, 11) is 0. The molecule has 1 unspecified atom stereocenters. The molecule has 0 spiro atoms. The fourth-order valence-corrected chi connectivity index (χ4v) is 1.51. The van der Waals surface area contributed by atoms with Crippen LogP contribution in [0.2, 0.25) is 0 Å². The molecule has 1 N–H and O–H groups in total. The van der Waals surface area contributed by atoms with Crippen LogP contribution >= 0.6 is 0 Å². The predicted molar refractivity (Wildman–Crippen MR) is 53.5 cm³/mol. The summed E-state index contributed by atoms with van der Waals surface area (Å²) < 4.78 is 0. The summed E-state index contributed by atoms with van der Waals surface area (Å²) in [4.78, 5) is 13.4. The number of nitrogens with zero attached hydrogens (tertiary/aromatic N) is 1. The lowest BCUT2D eigenvalue weighted by molar-refractivity contribution is -0.119. The van der Waals surface area contributed by atoms with Gasteiger partial charge in [-0.3, -0.25) is 4.79 Å². The fraction of sp³-hybridized carbons (Fsp3) is 0.700. The Bertz CT molecular complexity index is 201. The smallest absolute Gasteiger partial charge is 0.148 e. The Balaban J connectivity index is 2.37. The van der Waals surface area contributed by atoms with Crippen molar-refractivity contribution in [2.24, 2.45) is 0 Å². The molecule has 1 aliphatic rings. The van der Waals surface area contributed by atoms with Crippen LogP contribution in [0, 0.1) is 0 Å². The number of hydrogen-bond acceptors (Lipinski definition) is 3. The summed E-state index contributed by atoms with van der Waals surface area (Å²) in [6.07, 6.45) is 5.33. The Kier molecular flexibility index (Phi) is 3.96. The van der Waals surface area contributed by atoms with E-state index in [0.29, 0.717) is 0 Å². The number of rotatable bonds is 5. The minimum atomic E-state index is -0.00671. The van der Waals surface area contributed by atoms with Gasteiger partial charge in [-0.1, -0.05) is 13.0 Å². The van der Waals surface area contributed by atoms with Crippen LogP contribution in [-0.4, -0.2) is 36.4 Å². The molecule has 0 amide bonds. The third kappa shape index (κ3) is 3.19. The van der Waals surface area contributed by atoms with Crippen molar-refractivity contribution in [2.45, 2.75) is 26.3 Å². The van der Waals surface area contributed by atoms with Crippen molar-refractivity contribution in [2.75, 3.05) is 19.6 Å². The topological polar surface area (TPSA) is 32.3 Å². The van der Waals surface area contributed by atoms with Crippen molar-refractivity contribution in [3.63, 3.8) is 0 Å². The SMILES string of the molecule is CCNC(CN1C=CCC1)C(C)=O. The first-order chi connectivity index (χ1) is 6.24. The number of nitrogens with one attached hydrogen (secondary N) is 1. The van der Waals surface area contributed by atoms with Gasteiger partial charge in [0.1, 0.15) is 5.78 Å². The van der Waals surface area contributed by atoms with Crippen LogP contribution in [0.4, 0.5) is 0 Å². The van der Waals surface area contributed by atoms with Crippen LogP contribution < -0.4 is 5.32 Å². The molecule has 74 valence electrons. The first kappa shape index (κ1) is 10.3. The molecule has 1 rings (SSSR count). The van der Waals surface area contributed by atoms with Crippen LogP contribution in [0.1, 0.15) is 20.3 Å². The van der Waals surface area contributed by atoms with Crippen molar-refractivity contribution >= 4 is 5.78 Å². The molecule has 1 atom stereocenters. The van der Waals surface area contributed by atoms with Crippen molar-refractivity contribution in [3.8, 4) is 0 Å². The highest BCUT2D eigenvalue weighted by atomic mass is 16.1. The van der Waals surface area contributed by atoms with E-state index >= 15 is 0 Å². The molecule has 0 fully saturated rings. The summed E-state index contributed by atoms with van der Waals surface area (Å²) in [5.41, 5.74) is 0. The third-order valence-corrected chi connectivity index (χ3v) is 2.26. The largest absolute Gasteiger partial charge is 0.375 e. The molecule has 1 heterocycles. The van der Waals surface area contributed by atoms with Gasteiger partial charge < -0.3 is 10.2 Å². The van der Waals surface area contributed by atoms with Gasteiger partial charge in [0.2, 0.25) is 0 Å². The Morgan fingerprint density at radius 3 is 2.92 bits per heavy atom. The zero-order valence-corrected chi connectivity index (χ0v) is 8.42. The molecule has 13 heavy (non-hydrogen) atoms. The average Bonchev–Trinajstić information content (AvgIpc) is 2.56. The van der Waals surface area contributed by atoms with Gasteiger partial charge in [-0.25, -0.2) is 0 Å². The lowest BCUT2D eigenvalue weighted by atomic mass is 10.2. The van der Waals surface area contributed by atoms with E-state index in [4.69, 9.17) is 0 Å². The zero-order valence-electron chi connectivity index (χ0n) is 8.42. The molecule has 0 aromatic heterocycles. The number of hydrogen-bond donors (Lipinski definition) is 1. The van der Waals surface area contributed by atoms with E-state index in [1.54, 1.807) is 6.92 Å². The molecular weight excluding hydrogens is 164 g/mol. The molecule has 0 aliphatic carbocycles. The third-order valence-electron chi connectivity index (χ3n) is 2.26. The average molecular weight is 182 g/mol. The standard InChI is InChI=1S/C10H18N2O/c1-3-11-10(9(2)13)8-12-6-4-5-7-12/h4,6,10-11H,3,5,7-8H2,1-2H3. The maximum Gasteiger partial charge on any atom is 0.148 e. The number of Topliss-reactive ketones (excluding diaryl/α,β-unsaturated/α-hetero) is 1. The summed E-state index contributed by atoms with van der Waals surface area (Å²) in [6.45, 7) is 6.37. The van der Waals surface area contributed by atoms with Crippen molar-refractivity contribution in [1.29, 1.82) is 0 Å². The Hall–Kier alpha value is -0.830. The highest BCUT2D eigenvalue weighted by Gasteiger charge is 2.16. The summed E-state index contributed by atoms with van der Waals surface area (Å²) in [5.74, 6) is 0.224. The predicted octanol–water partition coefficient (Wildman–Crippen LogP) is 0.773. The molecule has 3 nitrogen and oxygen atoms in total. The Labute approximate surface area is 79.8 Å². The molecular formula is C10H18N2O.